The molecule has 1 fully saturated rings. The van der Waals surface area contributed by atoms with Gasteiger partial charge in [0.1, 0.15) is 24.2 Å². The molecule has 1 heterocycles. The number of ether oxygens (including phenoxy) is 4. The van der Waals surface area contributed by atoms with Gasteiger partial charge in [-0.2, -0.15) is 0 Å². The number of hydrogen-bond acceptors (Lipinski definition) is 9. The van der Waals surface area contributed by atoms with Crippen LogP contribution in [0.3, 0.4) is 0 Å². The topological polar surface area (TPSA) is 100 Å². The minimum Gasteiger partial charge on any atom is -0.463 e. The molecule has 0 spiro atoms. The molecule has 1 aromatic carbocycles. The van der Waals surface area contributed by atoms with Gasteiger partial charge in [0.25, 0.3) is 0 Å². The van der Waals surface area contributed by atoms with Gasteiger partial charge in [-0.1, -0.05) is 25.1 Å². The van der Waals surface area contributed by atoms with Gasteiger partial charge < -0.3 is 24.3 Å². The average molecular weight is 426 g/mol. The van der Waals surface area contributed by atoms with E-state index in [9.17, 15) is 14.4 Å². The smallest absolute Gasteiger partial charge is 0.303 e. The van der Waals surface area contributed by atoms with Crippen molar-refractivity contribution in [2.24, 2.45) is 0 Å². The Kier molecular flexibility index (Phi) is 8.78. The molecule has 0 aromatic heterocycles. The highest BCUT2D eigenvalue weighted by Crippen LogP contribution is 2.34. The minimum atomic E-state index is -0.939. The summed E-state index contributed by atoms with van der Waals surface area (Å²) in [5.74, 6) is -0.810. The van der Waals surface area contributed by atoms with Gasteiger partial charge in [-0.25, -0.2) is 0 Å². The van der Waals surface area contributed by atoms with Crippen LogP contribution >= 0.6 is 11.8 Å². The van der Waals surface area contributed by atoms with Crippen LogP contribution in [0, 0.1) is 0 Å². The quantitative estimate of drug-likeness (QED) is 0.497. The molecule has 29 heavy (non-hydrogen) atoms. The highest BCUT2D eigenvalue weighted by Gasteiger charge is 2.50. The first-order valence-corrected chi connectivity index (χ1v) is 10.4. The maximum Gasteiger partial charge on any atom is 0.303 e. The predicted molar refractivity (Wildman–Crippen MR) is 108 cm³/mol. The molecule has 1 saturated heterocycles. The van der Waals surface area contributed by atoms with Crippen LogP contribution < -0.4 is 5.32 Å². The van der Waals surface area contributed by atoms with Crippen molar-refractivity contribution >= 4 is 35.4 Å². The Labute approximate surface area is 174 Å². The fourth-order valence-electron chi connectivity index (χ4n) is 3.09. The number of carbonyl (C=O) groups is 3. The molecule has 5 atom stereocenters. The Morgan fingerprint density at radius 2 is 1.62 bits per heavy atom. The number of rotatable bonds is 8. The molecule has 0 radical (unpaired) electrons. The summed E-state index contributed by atoms with van der Waals surface area (Å²) < 4.78 is 22.3. The third kappa shape index (κ3) is 6.93. The van der Waals surface area contributed by atoms with E-state index in [1.54, 1.807) is 0 Å². The lowest BCUT2D eigenvalue weighted by molar-refractivity contribution is -0.207. The molecule has 160 valence electrons. The number of esters is 3. The number of anilines is 1. The van der Waals surface area contributed by atoms with Gasteiger partial charge in [-0.05, 0) is 17.9 Å². The third-order valence-corrected chi connectivity index (χ3v) is 5.21. The largest absolute Gasteiger partial charge is 0.463 e. The Hall–Kier alpha value is -2.26. The normalized spacial score (nSPS) is 26.3. The highest BCUT2D eigenvalue weighted by atomic mass is 32.2. The molecule has 0 bridgehead atoms. The van der Waals surface area contributed by atoms with Gasteiger partial charge in [0.2, 0.25) is 0 Å². The summed E-state index contributed by atoms with van der Waals surface area (Å²) in [6, 6.07) is 8.91. The van der Waals surface area contributed by atoms with E-state index in [4.69, 9.17) is 18.9 Å². The van der Waals surface area contributed by atoms with Gasteiger partial charge in [0.15, 0.2) is 12.2 Å². The van der Waals surface area contributed by atoms with E-state index in [1.165, 1.54) is 32.5 Å². The molecule has 0 saturated carbocycles. The van der Waals surface area contributed by atoms with Crippen LogP contribution in [0.2, 0.25) is 0 Å². The van der Waals surface area contributed by atoms with E-state index in [-0.39, 0.29) is 6.61 Å². The number of benzene rings is 1. The lowest BCUT2D eigenvalue weighted by Gasteiger charge is -2.45. The van der Waals surface area contributed by atoms with Gasteiger partial charge in [0.05, 0.1) is 0 Å². The van der Waals surface area contributed by atoms with Crippen LogP contribution in [0.1, 0.15) is 27.7 Å². The summed E-state index contributed by atoms with van der Waals surface area (Å²) in [6.45, 7) is 5.70. The van der Waals surface area contributed by atoms with E-state index < -0.39 is 47.7 Å². The van der Waals surface area contributed by atoms with E-state index in [2.05, 4.69) is 5.32 Å². The maximum atomic E-state index is 11.9. The summed E-state index contributed by atoms with van der Waals surface area (Å²) in [5, 5.41) is 3.34. The Balaban J connectivity index is 2.38. The molecule has 5 unspecified atom stereocenters. The lowest BCUT2D eigenvalue weighted by atomic mass is 9.97. The summed E-state index contributed by atoms with van der Waals surface area (Å²) in [7, 11) is 0. The molecule has 1 aromatic rings. The summed E-state index contributed by atoms with van der Waals surface area (Å²) >= 11 is 1.51. The second-order valence-electron chi connectivity index (χ2n) is 6.49. The second-order valence-corrected chi connectivity index (χ2v) is 7.86. The van der Waals surface area contributed by atoms with Crippen molar-refractivity contribution in [2.45, 2.75) is 57.5 Å². The molecule has 1 N–H and O–H groups in total. The standard InChI is InChI=1S/C20H27NO7S/c1-5-29-20-17(21-15-9-7-6-8-10-15)19(27-14(4)24)18(26-13(3)23)16(28-20)11-25-12(2)22/h6-10,16-21H,5,11H2,1-4H3. The van der Waals surface area contributed by atoms with Crippen LogP contribution in [-0.4, -0.2) is 60.1 Å². The van der Waals surface area contributed by atoms with Crippen molar-refractivity contribution in [3.05, 3.63) is 30.3 Å². The Morgan fingerprint density at radius 3 is 2.17 bits per heavy atom. The monoisotopic (exact) mass is 425 g/mol. The fraction of sp³-hybridized carbons (Fsp3) is 0.550. The average Bonchev–Trinajstić information content (AvgIpc) is 2.65. The van der Waals surface area contributed by atoms with E-state index in [1.807, 2.05) is 37.3 Å². The van der Waals surface area contributed by atoms with Crippen molar-refractivity contribution in [1.82, 2.24) is 0 Å². The lowest BCUT2D eigenvalue weighted by Crippen LogP contribution is -2.62. The molecule has 0 amide bonds. The SMILES string of the molecule is CCSC1OC(COC(C)=O)C(OC(C)=O)C(OC(C)=O)C1Nc1ccccc1. The van der Waals surface area contributed by atoms with Gasteiger partial charge in [-0.3, -0.25) is 14.4 Å². The zero-order valence-corrected chi connectivity index (χ0v) is 17.8. The van der Waals surface area contributed by atoms with Gasteiger partial charge in [0, 0.05) is 26.5 Å². The number of carbonyl (C=O) groups excluding carboxylic acids is 3. The molecule has 1 aliphatic heterocycles. The van der Waals surface area contributed by atoms with E-state index in [0.29, 0.717) is 0 Å². The Morgan fingerprint density at radius 1 is 1.00 bits per heavy atom. The van der Waals surface area contributed by atoms with Crippen molar-refractivity contribution in [3.8, 4) is 0 Å². The Bertz CT molecular complexity index is 699. The van der Waals surface area contributed by atoms with E-state index in [0.717, 1.165) is 11.4 Å². The van der Waals surface area contributed by atoms with Crippen molar-refractivity contribution in [3.63, 3.8) is 0 Å². The zero-order chi connectivity index (χ0) is 21.4. The summed E-state index contributed by atoms with van der Waals surface area (Å²) in [4.78, 5) is 34.9. The molecule has 2 rings (SSSR count). The van der Waals surface area contributed by atoms with Gasteiger partial charge >= 0.3 is 17.9 Å². The number of para-hydroxylation sites is 1. The van der Waals surface area contributed by atoms with Crippen molar-refractivity contribution < 1.29 is 33.3 Å². The fourth-order valence-corrected chi connectivity index (χ4v) is 4.07. The predicted octanol–water partition coefficient (Wildman–Crippen LogP) is 2.37. The number of nitrogens with one attached hydrogen (secondary N) is 1. The zero-order valence-electron chi connectivity index (χ0n) is 17.0. The first kappa shape index (κ1) is 23.0. The molecular weight excluding hydrogens is 398 g/mol. The third-order valence-electron chi connectivity index (χ3n) is 4.14. The first-order valence-electron chi connectivity index (χ1n) is 9.38. The second kappa shape index (κ2) is 11.1. The molecule has 9 heteroatoms. The van der Waals surface area contributed by atoms with Crippen LogP contribution in [-0.2, 0) is 33.3 Å². The van der Waals surface area contributed by atoms with Crippen LogP contribution in [0.4, 0.5) is 5.69 Å². The first-order chi connectivity index (χ1) is 13.8. The molecular formula is C20H27NO7S. The molecule has 8 nitrogen and oxygen atoms in total. The van der Waals surface area contributed by atoms with Crippen LogP contribution in [0.25, 0.3) is 0 Å². The number of hydrogen-bond donors (Lipinski definition) is 1. The summed E-state index contributed by atoms with van der Waals surface area (Å²) in [5.41, 5.74) is 0.372. The van der Waals surface area contributed by atoms with Crippen LogP contribution in [0.5, 0.6) is 0 Å². The van der Waals surface area contributed by atoms with E-state index >= 15 is 0 Å². The highest BCUT2D eigenvalue weighted by molar-refractivity contribution is 7.99. The molecule has 1 aliphatic rings. The number of thioether (sulfide) groups is 1. The van der Waals surface area contributed by atoms with Gasteiger partial charge in [-0.15, -0.1) is 11.8 Å². The molecule has 0 aliphatic carbocycles. The van der Waals surface area contributed by atoms with Crippen LogP contribution in [0.15, 0.2) is 30.3 Å². The maximum absolute atomic E-state index is 11.9. The van der Waals surface area contributed by atoms with Crippen molar-refractivity contribution in [1.29, 1.82) is 0 Å². The minimum absolute atomic E-state index is 0.121. The van der Waals surface area contributed by atoms with Crippen molar-refractivity contribution in [2.75, 3.05) is 17.7 Å². The summed E-state index contributed by atoms with van der Waals surface area (Å²) in [6.07, 6.45) is -2.55.